The molecule has 2 N–H and O–H groups in total. The summed E-state index contributed by atoms with van der Waals surface area (Å²) in [6, 6.07) is 5.45. The third-order valence-corrected chi connectivity index (χ3v) is 4.47. The van der Waals surface area contributed by atoms with Crippen LogP contribution in [0.4, 0.5) is 5.69 Å². The van der Waals surface area contributed by atoms with Gasteiger partial charge in [0.15, 0.2) is 5.16 Å². The molecule has 9 heteroatoms. The lowest BCUT2D eigenvalue weighted by atomic mass is 10.2. The summed E-state index contributed by atoms with van der Waals surface area (Å²) in [5, 5.41) is 15.0. The molecule has 0 radical (unpaired) electrons. The molecule has 0 unspecified atom stereocenters. The molecule has 1 heterocycles. The summed E-state index contributed by atoms with van der Waals surface area (Å²) in [4.78, 5) is 12.6. The van der Waals surface area contributed by atoms with Gasteiger partial charge in [-0.1, -0.05) is 11.6 Å². The summed E-state index contributed by atoms with van der Waals surface area (Å²) < 4.78 is 1.82. The highest BCUT2D eigenvalue weighted by molar-refractivity contribution is 7.99. The first-order chi connectivity index (χ1) is 10.6. The fourth-order valence-electron chi connectivity index (χ4n) is 1.77. The van der Waals surface area contributed by atoms with Gasteiger partial charge in [0.05, 0.1) is 5.02 Å². The topological polar surface area (TPSA) is 71.8 Å². The SMILES string of the molecule is CNCCCC(=O)Nc1ccc(Sc2nncn2C)c(Cl)c1.Cl. The lowest BCUT2D eigenvalue weighted by Crippen LogP contribution is -2.15. The van der Waals surface area contributed by atoms with Crippen LogP contribution >= 0.6 is 35.8 Å². The molecule has 1 aromatic heterocycles. The number of amides is 1. The Morgan fingerprint density at radius 1 is 1.43 bits per heavy atom. The van der Waals surface area contributed by atoms with Crippen molar-refractivity contribution >= 4 is 47.4 Å². The summed E-state index contributed by atoms with van der Waals surface area (Å²) in [5.41, 5.74) is 0.696. The maximum atomic E-state index is 11.8. The molecule has 0 aliphatic rings. The standard InChI is InChI=1S/C14H18ClN5OS.ClH/c1-16-7-3-4-13(21)18-10-5-6-12(11(15)8-10)22-14-19-17-9-20(14)2;/h5-6,8-9,16H,3-4,7H2,1-2H3,(H,18,21);1H. The fraction of sp³-hybridized carbons (Fsp3) is 0.357. The molecule has 0 saturated heterocycles. The molecular weight excluding hydrogens is 357 g/mol. The molecule has 126 valence electrons. The number of halogens is 2. The zero-order valence-electron chi connectivity index (χ0n) is 12.9. The summed E-state index contributed by atoms with van der Waals surface area (Å²) in [6.45, 7) is 0.821. The Morgan fingerprint density at radius 2 is 2.22 bits per heavy atom. The average molecular weight is 376 g/mol. The van der Waals surface area contributed by atoms with E-state index in [1.165, 1.54) is 11.8 Å². The summed E-state index contributed by atoms with van der Waals surface area (Å²) in [7, 11) is 3.74. The van der Waals surface area contributed by atoms with E-state index in [9.17, 15) is 4.79 Å². The first-order valence-electron chi connectivity index (χ1n) is 6.86. The van der Waals surface area contributed by atoms with E-state index < -0.39 is 0 Å². The number of rotatable bonds is 7. The highest BCUT2D eigenvalue weighted by atomic mass is 35.5. The van der Waals surface area contributed by atoms with Crippen molar-refractivity contribution in [2.24, 2.45) is 7.05 Å². The van der Waals surface area contributed by atoms with Crippen molar-refractivity contribution in [3.63, 3.8) is 0 Å². The number of nitrogens with zero attached hydrogens (tertiary/aromatic N) is 3. The molecule has 0 spiro atoms. The smallest absolute Gasteiger partial charge is 0.224 e. The van der Waals surface area contributed by atoms with Crippen molar-refractivity contribution in [2.45, 2.75) is 22.9 Å². The van der Waals surface area contributed by atoms with Crippen LogP contribution in [0.2, 0.25) is 5.02 Å². The number of aromatic nitrogens is 3. The minimum Gasteiger partial charge on any atom is -0.326 e. The predicted molar refractivity (Wildman–Crippen MR) is 95.6 cm³/mol. The van der Waals surface area contributed by atoms with Crippen molar-refractivity contribution in [1.29, 1.82) is 0 Å². The van der Waals surface area contributed by atoms with E-state index in [2.05, 4.69) is 20.8 Å². The molecular formula is C14H19Cl2N5OS. The van der Waals surface area contributed by atoms with Crippen LogP contribution in [-0.4, -0.2) is 34.3 Å². The van der Waals surface area contributed by atoms with Crippen molar-refractivity contribution in [1.82, 2.24) is 20.1 Å². The van der Waals surface area contributed by atoms with Crippen LogP contribution in [0.15, 0.2) is 34.6 Å². The predicted octanol–water partition coefficient (Wildman–Crippen LogP) is 2.98. The van der Waals surface area contributed by atoms with Gasteiger partial charge in [0.25, 0.3) is 0 Å². The minimum absolute atomic E-state index is 0. The van der Waals surface area contributed by atoms with Crippen LogP contribution in [0.1, 0.15) is 12.8 Å². The van der Waals surface area contributed by atoms with Crippen LogP contribution < -0.4 is 10.6 Å². The normalized spacial score (nSPS) is 10.2. The summed E-state index contributed by atoms with van der Waals surface area (Å²) >= 11 is 7.70. The number of anilines is 1. The average Bonchev–Trinajstić information content (AvgIpc) is 2.87. The Bertz CT molecular complexity index is 650. The molecule has 6 nitrogen and oxygen atoms in total. The Labute approximate surface area is 150 Å². The summed E-state index contributed by atoms with van der Waals surface area (Å²) in [5.74, 6) is -0.0139. The molecule has 0 bridgehead atoms. The van der Waals surface area contributed by atoms with Crippen LogP contribution in [0.5, 0.6) is 0 Å². The highest BCUT2D eigenvalue weighted by Gasteiger charge is 2.09. The molecule has 1 amide bonds. The first kappa shape index (κ1) is 19.8. The first-order valence-corrected chi connectivity index (χ1v) is 8.05. The van der Waals surface area contributed by atoms with Gasteiger partial charge in [-0.2, -0.15) is 0 Å². The molecule has 0 saturated carbocycles. The molecule has 0 aliphatic heterocycles. The van der Waals surface area contributed by atoms with Gasteiger partial charge >= 0.3 is 0 Å². The number of hydrogen-bond acceptors (Lipinski definition) is 5. The number of hydrogen-bond donors (Lipinski definition) is 2. The lowest BCUT2D eigenvalue weighted by Gasteiger charge is -2.08. The van der Waals surface area contributed by atoms with E-state index in [0.29, 0.717) is 17.1 Å². The third-order valence-electron chi connectivity index (χ3n) is 2.92. The van der Waals surface area contributed by atoms with Gasteiger partial charge in [0.2, 0.25) is 5.91 Å². The molecule has 23 heavy (non-hydrogen) atoms. The molecule has 2 aromatic rings. The van der Waals surface area contributed by atoms with Crippen molar-refractivity contribution in [3.05, 3.63) is 29.5 Å². The van der Waals surface area contributed by atoms with Crippen molar-refractivity contribution < 1.29 is 4.79 Å². The number of benzene rings is 1. The van der Waals surface area contributed by atoms with E-state index in [4.69, 9.17) is 11.6 Å². The summed E-state index contributed by atoms with van der Waals surface area (Å²) in [6.07, 6.45) is 2.92. The van der Waals surface area contributed by atoms with Crippen LogP contribution in [0, 0.1) is 0 Å². The highest BCUT2D eigenvalue weighted by Crippen LogP contribution is 2.33. The lowest BCUT2D eigenvalue weighted by molar-refractivity contribution is -0.116. The van der Waals surface area contributed by atoms with Gasteiger partial charge in [0.1, 0.15) is 6.33 Å². The number of aryl methyl sites for hydroxylation is 1. The largest absolute Gasteiger partial charge is 0.326 e. The van der Waals surface area contributed by atoms with Crippen molar-refractivity contribution in [3.8, 4) is 0 Å². The van der Waals surface area contributed by atoms with E-state index in [1.807, 2.05) is 30.8 Å². The van der Waals surface area contributed by atoms with E-state index in [-0.39, 0.29) is 18.3 Å². The minimum atomic E-state index is -0.0139. The van der Waals surface area contributed by atoms with Gasteiger partial charge in [0, 0.05) is 24.1 Å². The molecule has 2 rings (SSSR count). The van der Waals surface area contributed by atoms with E-state index in [0.717, 1.165) is 23.0 Å². The Kier molecular flexibility index (Phi) is 8.40. The second-order valence-electron chi connectivity index (χ2n) is 4.73. The number of carbonyl (C=O) groups excluding carboxylic acids is 1. The number of nitrogens with one attached hydrogen (secondary N) is 2. The van der Waals surface area contributed by atoms with Crippen molar-refractivity contribution in [2.75, 3.05) is 18.9 Å². The van der Waals surface area contributed by atoms with Crippen LogP contribution in [0.3, 0.4) is 0 Å². The molecule has 0 aliphatic carbocycles. The second kappa shape index (κ2) is 9.77. The molecule has 0 atom stereocenters. The van der Waals surface area contributed by atoms with E-state index in [1.54, 1.807) is 12.4 Å². The molecule has 1 aromatic carbocycles. The second-order valence-corrected chi connectivity index (χ2v) is 6.14. The Hall–Kier alpha value is -1.28. The van der Waals surface area contributed by atoms with Gasteiger partial charge in [-0.05, 0) is 50.0 Å². The zero-order valence-corrected chi connectivity index (χ0v) is 15.3. The van der Waals surface area contributed by atoms with E-state index >= 15 is 0 Å². The van der Waals surface area contributed by atoms with Crippen LogP contribution in [0.25, 0.3) is 0 Å². The third kappa shape index (κ3) is 6.02. The maximum absolute atomic E-state index is 11.8. The Morgan fingerprint density at radius 3 is 2.83 bits per heavy atom. The van der Waals surface area contributed by atoms with Gasteiger partial charge in [-0.15, -0.1) is 22.6 Å². The van der Waals surface area contributed by atoms with Gasteiger partial charge in [-0.25, -0.2) is 0 Å². The Balaban J connectivity index is 0.00000264. The fourth-order valence-corrected chi connectivity index (χ4v) is 2.84. The number of carbonyl (C=O) groups is 1. The van der Waals surface area contributed by atoms with Gasteiger partial charge in [-0.3, -0.25) is 4.79 Å². The van der Waals surface area contributed by atoms with Gasteiger partial charge < -0.3 is 15.2 Å². The maximum Gasteiger partial charge on any atom is 0.224 e. The zero-order chi connectivity index (χ0) is 15.9. The monoisotopic (exact) mass is 375 g/mol. The quantitative estimate of drug-likeness (QED) is 0.727. The molecule has 0 fully saturated rings. The van der Waals surface area contributed by atoms with Crippen LogP contribution in [-0.2, 0) is 11.8 Å².